The van der Waals surface area contributed by atoms with Crippen LogP contribution in [0.15, 0.2) is 24.3 Å². The van der Waals surface area contributed by atoms with Crippen LogP contribution in [-0.2, 0) is 6.18 Å². The highest BCUT2D eigenvalue weighted by atomic mass is 19.4. The lowest BCUT2D eigenvalue weighted by atomic mass is 9.92. The Balaban J connectivity index is 1.65. The first-order valence-corrected chi connectivity index (χ1v) is 9.94. The van der Waals surface area contributed by atoms with Gasteiger partial charge in [-0.1, -0.05) is 19.1 Å². The van der Waals surface area contributed by atoms with Crippen molar-refractivity contribution >= 4 is 5.91 Å². The quantitative estimate of drug-likeness (QED) is 0.566. The van der Waals surface area contributed by atoms with Crippen LogP contribution in [0, 0.1) is 17.7 Å². The van der Waals surface area contributed by atoms with E-state index in [1.165, 1.54) is 6.42 Å². The first-order chi connectivity index (χ1) is 14.1. The maximum Gasteiger partial charge on any atom is 0.435 e. The van der Waals surface area contributed by atoms with E-state index in [4.69, 9.17) is 0 Å². The van der Waals surface area contributed by atoms with Crippen LogP contribution in [0.5, 0.6) is 0 Å². The van der Waals surface area contributed by atoms with Crippen LogP contribution in [0.25, 0.3) is 5.69 Å². The second-order valence-electron chi connectivity index (χ2n) is 7.99. The van der Waals surface area contributed by atoms with Crippen LogP contribution < -0.4 is 5.32 Å². The molecule has 0 aliphatic carbocycles. The number of halogens is 4. The molecule has 1 fully saturated rings. The van der Waals surface area contributed by atoms with Gasteiger partial charge in [-0.25, -0.2) is 9.07 Å². The lowest BCUT2D eigenvalue weighted by Gasteiger charge is -2.34. The fourth-order valence-electron chi connectivity index (χ4n) is 4.02. The molecule has 1 saturated heterocycles. The van der Waals surface area contributed by atoms with E-state index < -0.39 is 29.3 Å². The van der Waals surface area contributed by atoms with Gasteiger partial charge in [-0.05, 0) is 55.5 Å². The van der Waals surface area contributed by atoms with E-state index in [1.54, 1.807) is 0 Å². The van der Waals surface area contributed by atoms with E-state index in [9.17, 15) is 22.4 Å². The summed E-state index contributed by atoms with van der Waals surface area (Å²) >= 11 is 0. The highest BCUT2D eigenvalue weighted by molar-refractivity contribution is 5.93. The SMILES string of the molecule is CC1CC(C)CN(CCCNC(=O)c2nnn(-c3ccc(F)cc3)c2C(F)(F)F)C1. The van der Waals surface area contributed by atoms with E-state index in [1.807, 2.05) is 0 Å². The monoisotopic (exact) mass is 427 g/mol. The third-order valence-corrected chi connectivity index (χ3v) is 5.11. The molecule has 30 heavy (non-hydrogen) atoms. The largest absolute Gasteiger partial charge is 0.435 e. The third-order valence-electron chi connectivity index (χ3n) is 5.11. The summed E-state index contributed by atoms with van der Waals surface area (Å²) in [6.45, 7) is 7.38. The lowest BCUT2D eigenvalue weighted by Crippen LogP contribution is -2.40. The molecule has 0 radical (unpaired) electrons. The highest BCUT2D eigenvalue weighted by Crippen LogP contribution is 2.32. The van der Waals surface area contributed by atoms with Gasteiger partial charge >= 0.3 is 6.18 Å². The lowest BCUT2D eigenvalue weighted by molar-refractivity contribution is -0.143. The van der Waals surface area contributed by atoms with Gasteiger partial charge < -0.3 is 10.2 Å². The fourth-order valence-corrected chi connectivity index (χ4v) is 4.02. The Hall–Kier alpha value is -2.49. The number of likely N-dealkylation sites (tertiary alicyclic amines) is 1. The molecule has 0 bridgehead atoms. The van der Waals surface area contributed by atoms with Crippen LogP contribution in [0.3, 0.4) is 0 Å². The molecule has 1 amide bonds. The number of nitrogens with zero attached hydrogens (tertiary/aromatic N) is 4. The number of benzene rings is 1. The number of carbonyl (C=O) groups is 1. The summed E-state index contributed by atoms with van der Waals surface area (Å²) in [5.41, 5.74) is -2.12. The molecule has 1 N–H and O–H groups in total. The van der Waals surface area contributed by atoms with Crippen molar-refractivity contribution in [2.24, 2.45) is 11.8 Å². The highest BCUT2D eigenvalue weighted by Gasteiger charge is 2.42. The molecular weight excluding hydrogens is 402 g/mol. The van der Waals surface area contributed by atoms with Gasteiger partial charge in [-0.2, -0.15) is 13.2 Å². The molecule has 2 heterocycles. The number of alkyl halides is 3. The Morgan fingerprint density at radius 1 is 1.17 bits per heavy atom. The van der Waals surface area contributed by atoms with Crippen molar-refractivity contribution in [3.63, 3.8) is 0 Å². The van der Waals surface area contributed by atoms with Crippen LogP contribution in [-0.4, -0.2) is 52.0 Å². The number of aromatic nitrogens is 3. The third kappa shape index (κ3) is 5.35. The predicted octanol–water partition coefficient (Wildman–Crippen LogP) is 3.52. The topological polar surface area (TPSA) is 63.1 Å². The summed E-state index contributed by atoms with van der Waals surface area (Å²) in [6, 6.07) is 4.31. The zero-order valence-corrected chi connectivity index (χ0v) is 16.9. The van der Waals surface area contributed by atoms with Crippen molar-refractivity contribution < 1.29 is 22.4 Å². The van der Waals surface area contributed by atoms with Crippen molar-refractivity contribution in [3.8, 4) is 5.69 Å². The molecule has 0 spiro atoms. The Morgan fingerprint density at radius 3 is 2.40 bits per heavy atom. The van der Waals surface area contributed by atoms with E-state index in [2.05, 4.69) is 34.4 Å². The average molecular weight is 427 g/mol. The Bertz CT molecular complexity index is 855. The Morgan fingerprint density at radius 2 is 1.80 bits per heavy atom. The number of nitrogens with one attached hydrogen (secondary N) is 1. The maximum absolute atomic E-state index is 13.6. The van der Waals surface area contributed by atoms with Crippen LogP contribution >= 0.6 is 0 Å². The molecule has 2 unspecified atom stereocenters. The number of hydrogen-bond donors (Lipinski definition) is 1. The van der Waals surface area contributed by atoms with Crippen molar-refractivity contribution in [3.05, 3.63) is 41.5 Å². The van der Waals surface area contributed by atoms with E-state index in [0.717, 1.165) is 43.9 Å². The summed E-state index contributed by atoms with van der Waals surface area (Å²) in [4.78, 5) is 14.7. The van der Waals surface area contributed by atoms with Crippen molar-refractivity contribution in [2.45, 2.75) is 32.9 Å². The second-order valence-corrected chi connectivity index (χ2v) is 7.99. The predicted molar refractivity (Wildman–Crippen MR) is 103 cm³/mol. The van der Waals surface area contributed by atoms with Gasteiger partial charge in [0.25, 0.3) is 5.91 Å². The van der Waals surface area contributed by atoms with Gasteiger partial charge in [0.15, 0.2) is 11.4 Å². The summed E-state index contributed by atoms with van der Waals surface area (Å²) in [7, 11) is 0. The van der Waals surface area contributed by atoms with Crippen LogP contribution in [0.2, 0.25) is 0 Å². The number of hydrogen-bond acceptors (Lipinski definition) is 4. The molecule has 1 aliphatic heterocycles. The second kappa shape index (κ2) is 9.11. The van der Waals surface area contributed by atoms with Crippen molar-refractivity contribution in [2.75, 3.05) is 26.2 Å². The molecule has 1 aromatic carbocycles. The standard InChI is InChI=1S/C20H25F4N5O/c1-13-10-14(2)12-28(11-13)9-3-8-25-19(30)17-18(20(22,23)24)29(27-26-17)16-6-4-15(21)5-7-16/h4-7,13-14H,3,8-12H2,1-2H3,(H,25,30). The number of amides is 1. The van der Waals surface area contributed by atoms with Gasteiger partial charge in [0.05, 0.1) is 5.69 Å². The number of piperidine rings is 1. The van der Waals surface area contributed by atoms with Gasteiger partial charge in [0, 0.05) is 19.6 Å². The van der Waals surface area contributed by atoms with Crippen LogP contribution in [0.1, 0.15) is 42.9 Å². The van der Waals surface area contributed by atoms with Gasteiger partial charge in [-0.15, -0.1) is 5.10 Å². The van der Waals surface area contributed by atoms with Crippen molar-refractivity contribution in [1.29, 1.82) is 0 Å². The molecule has 2 aromatic rings. The minimum Gasteiger partial charge on any atom is -0.351 e. The normalized spacial score (nSPS) is 20.3. The number of rotatable bonds is 6. The summed E-state index contributed by atoms with van der Waals surface area (Å²) in [5, 5.41) is 9.43. The molecule has 1 aromatic heterocycles. The minimum atomic E-state index is -4.86. The fraction of sp³-hybridized carbons (Fsp3) is 0.550. The smallest absolute Gasteiger partial charge is 0.351 e. The Labute approximate surface area is 172 Å². The van der Waals surface area contributed by atoms with Gasteiger partial charge in [0.2, 0.25) is 0 Å². The van der Waals surface area contributed by atoms with E-state index in [-0.39, 0.29) is 12.2 Å². The molecule has 6 nitrogen and oxygen atoms in total. The van der Waals surface area contributed by atoms with Crippen molar-refractivity contribution in [1.82, 2.24) is 25.2 Å². The minimum absolute atomic E-state index is 0.0383. The zero-order valence-electron chi connectivity index (χ0n) is 16.9. The molecule has 10 heteroatoms. The van der Waals surface area contributed by atoms with Gasteiger partial charge in [-0.3, -0.25) is 4.79 Å². The number of carbonyl (C=O) groups excluding carboxylic acids is 1. The molecule has 2 atom stereocenters. The van der Waals surface area contributed by atoms with Crippen LogP contribution in [0.4, 0.5) is 17.6 Å². The zero-order chi connectivity index (χ0) is 21.9. The van der Waals surface area contributed by atoms with Gasteiger partial charge in [0.1, 0.15) is 5.82 Å². The molecular formula is C20H25F4N5O. The first kappa shape index (κ1) is 22.2. The summed E-state index contributed by atoms with van der Waals surface area (Å²) in [6.07, 6.45) is -3.04. The maximum atomic E-state index is 13.6. The summed E-state index contributed by atoms with van der Waals surface area (Å²) < 4.78 is 54.4. The molecule has 3 rings (SSSR count). The van der Waals surface area contributed by atoms with E-state index in [0.29, 0.717) is 22.9 Å². The first-order valence-electron chi connectivity index (χ1n) is 9.94. The van der Waals surface area contributed by atoms with E-state index >= 15 is 0 Å². The molecule has 0 saturated carbocycles. The Kier molecular flexibility index (Phi) is 6.74. The summed E-state index contributed by atoms with van der Waals surface area (Å²) in [5.74, 6) is -0.308. The molecule has 164 valence electrons. The molecule has 1 aliphatic rings. The average Bonchev–Trinajstić information content (AvgIpc) is 3.10.